The van der Waals surface area contributed by atoms with E-state index in [1.165, 1.54) is 13.0 Å². The highest BCUT2D eigenvalue weighted by Crippen LogP contribution is 2.25. The molecule has 1 atom stereocenters. The van der Waals surface area contributed by atoms with E-state index in [2.05, 4.69) is 5.32 Å². The van der Waals surface area contributed by atoms with E-state index in [4.69, 9.17) is 27.9 Å². The lowest BCUT2D eigenvalue weighted by Gasteiger charge is -2.15. The minimum Gasteiger partial charge on any atom is -0.449 e. The summed E-state index contributed by atoms with van der Waals surface area (Å²) >= 11 is 11.9. The molecule has 0 spiro atoms. The molecule has 2 aromatic carbocycles. The van der Waals surface area contributed by atoms with Gasteiger partial charge in [0.15, 0.2) is 6.10 Å². The fourth-order valence-corrected chi connectivity index (χ4v) is 2.24. The molecular formula is C17H15Cl2NO3. The van der Waals surface area contributed by atoms with Crippen molar-refractivity contribution in [3.8, 4) is 0 Å². The lowest BCUT2D eigenvalue weighted by atomic mass is 10.1. The van der Waals surface area contributed by atoms with Crippen LogP contribution in [-0.4, -0.2) is 18.0 Å². The van der Waals surface area contributed by atoms with Crippen molar-refractivity contribution in [2.75, 3.05) is 5.32 Å². The van der Waals surface area contributed by atoms with Crippen molar-refractivity contribution in [1.82, 2.24) is 0 Å². The Hall–Kier alpha value is -2.04. The van der Waals surface area contributed by atoms with Gasteiger partial charge in [-0.15, -0.1) is 0 Å². The fraction of sp³-hybridized carbons (Fsp3) is 0.176. The molecule has 0 saturated heterocycles. The monoisotopic (exact) mass is 351 g/mol. The van der Waals surface area contributed by atoms with E-state index in [0.29, 0.717) is 21.3 Å². The quantitative estimate of drug-likeness (QED) is 0.825. The van der Waals surface area contributed by atoms with Crippen molar-refractivity contribution < 1.29 is 14.3 Å². The molecule has 0 aliphatic heterocycles. The Kier molecular flexibility index (Phi) is 5.64. The summed E-state index contributed by atoms with van der Waals surface area (Å²) in [5.74, 6) is -1.04. The van der Waals surface area contributed by atoms with Gasteiger partial charge in [-0.05, 0) is 43.7 Å². The number of nitrogens with one attached hydrogen (secondary N) is 1. The van der Waals surface area contributed by atoms with E-state index in [9.17, 15) is 9.59 Å². The maximum atomic E-state index is 12.1. The largest absolute Gasteiger partial charge is 0.449 e. The molecule has 4 nitrogen and oxygen atoms in total. The number of ether oxygens (including phenoxy) is 1. The minimum absolute atomic E-state index is 0.347. The van der Waals surface area contributed by atoms with Crippen molar-refractivity contribution >= 4 is 40.8 Å². The summed E-state index contributed by atoms with van der Waals surface area (Å²) < 4.78 is 5.19. The molecule has 0 fully saturated rings. The molecule has 0 aliphatic rings. The van der Waals surface area contributed by atoms with E-state index >= 15 is 0 Å². The Morgan fingerprint density at radius 3 is 2.52 bits per heavy atom. The zero-order valence-corrected chi connectivity index (χ0v) is 14.1. The molecule has 0 aliphatic carbocycles. The molecule has 0 aromatic heterocycles. The lowest BCUT2D eigenvalue weighted by Crippen LogP contribution is -2.30. The van der Waals surface area contributed by atoms with Crippen LogP contribution >= 0.6 is 23.2 Å². The standard InChI is InChI=1S/C17H15Cl2NO3/c1-10-5-3-4-6-13(10)17(22)23-11(2)16(21)20-15-9-12(18)7-8-14(15)19/h3-9,11H,1-2H3,(H,20,21)/t11-/m0/s1. The Morgan fingerprint density at radius 2 is 1.83 bits per heavy atom. The third kappa shape index (κ3) is 4.47. The second kappa shape index (κ2) is 7.49. The van der Waals surface area contributed by atoms with Crippen LogP contribution in [0, 0.1) is 6.92 Å². The van der Waals surface area contributed by atoms with Crippen molar-refractivity contribution in [3.63, 3.8) is 0 Å². The number of carbonyl (C=O) groups excluding carboxylic acids is 2. The number of hydrogen-bond donors (Lipinski definition) is 1. The average molecular weight is 352 g/mol. The van der Waals surface area contributed by atoms with Gasteiger partial charge in [-0.2, -0.15) is 0 Å². The third-order valence-electron chi connectivity index (χ3n) is 3.20. The number of aryl methyl sites for hydroxylation is 1. The summed E-state index contributed by atoms with van der Waals surface area (Å²) in [6.45, 7) is 3.29. The summed E-state index contributed by atoms with van der Waals surface area (Å²) in [6.07, 6.45) is -0.975. The van der Waals surface area contributed by atoms with Gasteiger partial charge in [0.05, 0.1) is 16.3 Å². The van der Waals surface area contributed by atoms with Crippen LogP contribution in [0.4, 0.5) is 5.69 Å². The van der Waals surface area contributed by atoms with E-state index in [1.54, 1.807) is 37.3 Å². The molecule has 120 valence electrons. The van der Waals surface area contributed by atoms with Gasteiger partial charge >= 0.3 is 5.97 Å². The average Bonchev–Trinajstić information content (AvgIpc) is 2.51. The third-order valence-corrected chi connectivity index (χ3v) is 3.77. The van der Waals surface area contributed by atoms with E-state index < -0.39 is 18.0 Å². The molecular weight excluding hydrogens is 337 g/mol. The predicted molar refractivity (Wildman–Crippen MR) is 91.1 cm³/mol. The normalized spacial score (nSPS) is 11.7. The van der Waals surface area contributed by atoms with Crippen LogP contribution in [0.3, 0.4) is 0 Å². The van der Waals surface area contributed by atoms with Gasteiger partial charge < -0.3 is 10.1 Å². The van der Waals surface area contributed by atoms with Gasteiger partial charge in [0.2, 0.25) is 0 Å². The van der Waals surface area contributed by atoms with Crippen LogP contribution in [0.1, 0.15) is 22.8 Å². The first-order valence-electron chi connectivity index (χ1n) is 6.91. The van der Waals surface area contributed by atoms with Gasteiger partial charge in [-0.3, -0.25) is 4.79 Å². The molecule has 0 radical (unpaired) electrons. The number of anilines is 1. The molecule has 6 heteroatoms. The minimum atomic E-state index is -0.975. The number of esters is 1. The van der Waals surface area contributed by atoms with Crippen LogP contribution in [0.25, 0.3) is 0 Å². The first-order chi connectivity index (χ1) is 10.9. The molecule has 2 rings (SSSR count). The maximum Gasteiger partial charge on any atom is 0.339 e. The molecule has 0 bridgehead atoms. The van der Waals surface area contributed by atoms with E-state index in [-0.39, 0.29) is 0 Å². The molecule has 0 heterocycles. The highest BCUT2D eigenvalue weighted by atomic mass is 35.5. The van der Waals surface area contributed by atoms with Crippen molar-refractivity contribution in [2.45, 2.75) is 20.0 Å². The second-order valence-corrected chi connectivity index (χ2v) is 5.82. The zero-order valence-electron chi connectivity index (χ0n) is 12.6. The highest BCUT2D eigenvalue weighted by Gasteiger charge is 2.20. The van der Waals surface area contributed by atoms with Gasteiger partial charge in [0.1, 0.15) is 0 Å². The summed E-state index contributed by atoms with van der Waals surface area (Å²) in [5.41, 5.74) is 1.57. The number of carbonyl (C=O) groups is 2. The van der Waals surface area contributed by atoms with Gasteiger partial charge in [0.25, 0.3) is 5.91 Å². The van der Waals surface area contributed by atoms with Crippen LogP contribution < -0.4 is 5.32 Å². The molecule has 0 saturated carbocycles. The molecule has 1 N–H and O–H groups in total. The SMILES string of the molecule is Cc1ccccc1C(=O)O[C@@H](C)C(=O)Nc1cc(Cl)ccc1Cl. The fourth-order valence-electron chi connectivity index (χ4n) is 1.91. The first-order valence-corrected chi connectivity index (χ1v) is 7.66. The van der Waals surface area contributed by atoms with Crippen LogP contribution in [-0.2, 0) is 9.53 Å². The van der Waals surface area contributed by atoms with Crippen LogP contribution in [0.15, 0.2) is 42.5 Å². The Labute approximate surface area is 144 Å². The summed E-state index contributed by atoms with van der Waals surface area (Å²) in [5, 5.41) is 3.38. The Bertz CT molecular complexity index is 746. The van der Waals surface area contributed by atoms with Crippen LogP contribution in [0.2, 0.25) is 10.0 Å². The summed E-state index contributed by atoms with van der Waals surface area (Å²) in [7, 11) is 0. The summed E-state index contributed by atoms with van der Waals surface area (Å²) in [6, 6.07) is 11.7. The highest BCUT2D eigenvalue weighted by molar-refractivity contribution is 6.35. The van der Waals surface area contributed by atoms with Gasteiger partial charge in [-0.25, -0.2) is 4.79 Å². The number of benzene rings is 2. The topological polar surface area (TPSA) is 55.4 Å². The molecule has 0 unspecified atom stereocenters. The van der Waals surface area contributed by atoms with Crippen molar-refractivity contribution in [3.05, 3.63) is 63.6 Å². The Morgan fingerprint density at radius 1 is 1.13 bits per heavy atom. The number of hydrogen-bond acceptors (Lipinski definition) is 3. The molecule has 1 amide bonds. The summed E-state index contributed by atoms with van der Waals surface area (Å²) in [4.78, 5) is 24.2. The van der Waals surface area contributed by atoms with Crippen LogP contribution in [0.5, 0.6) is 0 Å². The molecule has 2 aromatic rings. The van der Waals surface area contributed by atoms with Gasteiger partial charge in [-0.1, -0.05) is 41.4 Å². The number of rotatable bonds is 4. The maximum absolute atomic E-state index is 12.1. The van der Waals surface area contributed by atoms with E-state index in [1.807, 2.05) is 6.07 Å². The number of halogens is 2. The first kappa shape index (κ1) is 17.3. The second-order valence-electron chi connectivity index (χ2n) is 4.98. The van der Waals surface area contributed by atoms with E-state index in [0.717, 1.165) is 5.56 Å². The van der Waals surface area contributed by atoms with Crippen molar-refractivity contribution in [2.24, 2.45) is 0 Å². The number of amides is 1. The zero-order chi connectivity index (χ0) is 17.0. The van der Waals surface area contributed by atoms with Gasteiger partial charge in [0, 0.05) is 5.02 Å². The molecule has 23 heavy (non-hydrogen) atoms. The smallest absolute Gasteiger partial charge is 0.339 e. The lowest BCUT2D eigenvalue weighted by molar-refractivity contribution is -0.123. The Balaban J connectivity index is 2.04. The predicted octanol–water partition coefficient (Wildman–Crippen LogP) is 4.49. The van der Waals surface area contributed by atoms with Crippen molar-refractivity contribution in [1.29, 1.82) is 0 Å².